The number of benzene rings is 2. The van der Waals surface area contributed by atoms with Crippen LogP contribution in [-0.2, 0) is 16.2 Å². The van der Waals surface area contributed by atoms with E-state index in [0.717, 1.165) is 22.4 Å². The van der Waals surface area contributed by atoms with Crippen molar-refractivity contribution < 1.29 is 18.8 Å². The summed E-state index contributed by atoms with van der Waals surface area (Å²) in [4.78, 5) is 18.3. The molecular weight excluding hydrogens is 399 g/mol. The van der Waals surface area contributed by atoms with Gasteiger partial charge >= 0.3 is 0 Å². The second-order valence-electron chi connectivity index (χ2n) is 7.37. The first-order valence-electron chi connectivity index (χ1n) is 9.92. The third-order valence-corrected chi connectivity index (χ3v) is 5.10. The quantitative estimate of drug-likeness (QED) is 0.776. The van der Waals surface area contributed by atoms with E-state index in [4.69, 9.17) is 9.57 Å². The molecule has 0 radical (unpaired) electrons. The summed E-state index contributed by atoms with van der Waals surface area (Å²) in [7, 11) is 3.20. The van der Waals surface area contributed by atoms with Crippen molar-refractivity contribution in [3.8, 4) is 5.75 Å². The minimum absolute atomic E-state index is 0.132. The highest BCUT2D eigenvalue weighted by Gasteiger charge is 2.28. The van der Waals surface area contributed by atoms with Crippen LogP contribution in [0, 0.1) is 5.82 Å². The maximum atomic E-state index is 13.6. The van der Waals surface area contributed by atoms with Crippen molar-refractivity contribution in [2.45, 2.75) is 19.1 Å². The summed E-state index contributed by atoms with van der Waals surface area (Å²) in [6.45, 7) is 0.761. The van der Waals surface area contributed by atoms with Crippen molar-refractivity contribution in [1.82, 2.24) is 10.3 Å². The molecule has 1 N–H and O–H groups in total. The van der Waals surface area contributed by atoms with Gasteiger partial charge in [-0.3, -0.25) is 9.80 Å². The second kappa shape index (κ2) is 8.99. The van der Waals surface area contributed by atoms with Gasteiger partial charge in [-0.1, -0.05) is 41.6 Å². The van der Waals surface area contributed by atoms with Crippen LogP contribution < -0.4 is 10.1 Å². The number of methoxy groups -OCH3 is 1. The zero-order valence-corrected chi connectivity index (χ0v) is 17.3. The molecule has 0 aromatic heterocycles. The van der Waals surface area contributed by atoms with Gasteiger partial charge in [0.25, 0.3) is 5.91 Å². The van der Waals surface area contributed by atoms with Crippen LogP contribution >= 0.6 is 0 Å². The number of nitrogens with zero attached hydrogens (tertiary/aromatic N) is 3. The average molecular weight is 422 g/mol. The largest absolute Gasteiger partial charge is 0.494 e. The Morgan fingerprint density at radius 1 is 1.29 bits per heavy atom. The van der Waals surface area contributed by atoms with Crippen molar-refractivity contribution in [1.29, 1.82) is 0 Å². The van der Waals surface area contributed by atoms with E-state index in [1.807, 2.05) is 30.3 Å². The Morgan fingerprint density at radius 3 is 2.87 bits per heavy atom. The number of hydrogen-bond donors (Lipinski definition) is 1. The van der Waals surface area contributed by atoms with Crippen LogP contribution in [0.5, 0.6) is 5.75 Å². The summed E-state index contributed by atoms with van der Waals surface area (Å²) in [5.41, 5.74) is 3.77. The van der Waals surface area contributed by atoms with Crippen molar-refractivity contribution in [2.75, 3.05) is 20.7 Å². The lowest BCUT2D eigenvalue weighted by molar-refractivity contribution is -0.115. The molecule has 31 heavy (non-hydrogen) atoms. The van der Waals surface area contributed by atoms with Gasteiger partial charge in [0.2, 0.25) is 0 Å². The summed E-state index contributed by atoms with van der Waals surface area (Å²) in [6, 6.07) is 14.4. The Hall–Kier alpha value is -3.68. The molecule has 0 bridgehead atoms. The number of amides is 1. The second-order valence-corrected chi connectivity index (χ2v) is 7.37. The molecule has 2 aliphatic heterocycles. The number of likely N-dealkylation sites (N-methyl/N-ethyl adjacent to an activating group) is 1. The molecule has 2 aromatic carbocycles. The summed E-state index contributed by atoms with van der Waals surface area (Å²) in [5.74, 6) is -0.640. The molecule has 4 rings (SSSR count). The molecule has 0 saturated heterocycles. The highest BCUT2D eigenvalue weighted by molar-refractivity contribution is 6.44. The van der Waals surface area contributed by atoms with E-state index >= 15 is 0 Å². The SMILES string of the molecule is COc1cc(CNC(=O)C2=NN(C)CC(C3=NOC(c4ccccc4)C3)=C2)ccc1F. The molecule has 160 valence electrons. The van der Waals surface area contributed by atoms with Gasteiger partial charge in [0.1, 0.15) is 5.71 Å². The molecule has 0 fully saturated rings. The van der Waals surface area contributed by atoms with E-state index in [9.17, 15) is 9.18 Å². The van der Waals surface area contributed by atoms with Gasteiger partial charge in [0, 0.05) is 25.6 Å². The third-order valence-electron chi connectivity index (χ3n) is 5.10. The Labute approximate surface area is 179 Å². The molecule has 0 aliphatic carbocycles. The first-order chi connectivity index (χ1) is 15.0. The van der Waals surface area contributed by atoms with E-state index < -0.39 is 5.82 Å². The number of hydrogen-bond acceptors (Lipinski definition) is 6. The topological polar surface area (TPSA) is 75.5 Å². The maximum Gasteiger partial charge on any atom is 0.271 e. The molecule has 2 aliphatic rings. The Balaban J connectivity index is 1.42. The minimum atomic E-state index is -0.447. The first-order valence-corrected chi connectivity index (χ1v) is 9.92. The number of oxime groups is 1. The Bertz CT molecular complexity index is 1070. The Kier molecular flexibility index (Phi) is 5.97. The number of hydrazone groups is 1. The number of carbonyl (C=O) groups excluding carboxylic acids is 1. The van der Waals surface area contributed by atoms with E-state index in [2.05, 4.69) is 15.6 Å². The first kappa shape index (κ1) is 20.6. The van der Waals surface area contributed by atoms with Gasteiger partial charge in [0.05, 0.1) is 19.4 Å². The van der Waals surface area contributed by atoms with E-state index in [1.165, 1.54) is 13.2 Å². The van der Waals surface area contributed by atoms with Gasteiger partial charge in [-0.15, -0.1) is 0 Å². The number of carbonyl (C=O) groups is 1. The van der Waals surface area contributed by atoms with Crippen LogP contribution in [0.4, 0.5) is 4.39 Å². The van der Waals surface area contributed by atoms with Gasteiger partial charge < -0.3 is 14.9 Å². The van der Waals surface area contributed by atoms with Crippen LogP contribution in [0.3, 0.4) is 0 Å². The van der Waals surface area contributed by atoms with Gasteiger partial charge in [-0.25, -0.2) is 4.39 Å². The van der Waals surface area contributed by atoms with Crippen LogP contribution in [0.2, 0.25) is 0 Å². The van der Waals surface area contributed by atoms with Gasteiger partial charge in [0.15, 0.2) is 17.7 Å². The molecule has 1 atom stereocenters. The average Bonchev–Trinajstić information content (AvgIpc) is 3.29. The summed E-state index contributed by atoms with van der Waals surface area (Å²) in [5, 5.41) is 13.1. The van der Waals surface area contributed by atoms with Crippen LogP contribution in [0.15, 0.2) is 70.4 Å². The van der Waals surface area contributed by atoms with Crippen LogP contribution in [0.25, 0.3) is 0 Å². The number of ether oxygens (including phenoxy) is 1. The molecule has 1 unspecified atom stereocenters. The number of halogens is 1. The highest BCUT2D eigenvalue weighted by atomic mass is 19.1. The van der Waals surface area contributed by atoms with Crippen molar-refractivity contribution >= 4 is 17.3 Å². The summed E-state index contributed by atoms with van der Waals surface area (Å²) < 4.78 is 18.5. The molecule has 2 aromatic rings. The highest BCUT2D eigenvalue weighted by Crippen LogP contribution is 2.30. The normalized spacial score (nSPS) is 18.0. The monoisotopic (exact) mass is 422 g/mol. The fourth-order valence-electron chi connectivity index (χ4n) is 3.49. The Morgan fingerprint density at radius 2 is 2.10 bits per heavy atom. The molecule has 0 spiro atoms. The lowest BCUT2D eigenvalue weighted by atomic mass is 9.98. The van der Waals surface area contributed by atoms with E-state index in [-0.39, 0.29) is 30.0 Å². The van der Waals surface area contributed by atoms with Crippen molar-refractivity contribution in [3.63, 3.8) is 0 Å². The number of rotatable bonds is 6. The van der Waals surface area contributed by atoms with Crippen molar-refractivity contribution in [3.05, 3.63) is 77.1 Å². The zero-order chi connectivity index (χ0) is 21.8. The lowest BCUT2D eigenvalue weighted by Gasteiger charge is -2.21. The fraction of sp³-hybridized carbons (Fsp3) is 0.261. The fourth-order valence-corrected chi connectivity index (χ4v) is 3.49. The zero-order valence-electron chi connectivity index (χ0n) is 17.3. The predicted octanol–water partition coefficient (Wildman–Crippen LogP) is 3.20. The smallest absolute Gasteiger partial charge is 0.271 e. The standard InChI is InChI=1S/C23H23FN4O3/c1-28-14-17(19-12-21(31-27-19)16-6-4-3-5-7-16)11-20(26-28)23(29)25-13-15-8-9-18(24)22(10-15)30-2/h3-11,21H,12-14H2,1-2H3,(H,25,29). The minimum Gasteiger partial charge on any atom is -0.494 e. The van der Waals surface area contributed by atoms with Crippen molar-refractivity contribution in [2.24, 2.45) is 10.3 Å². The lowest BCUT2D eigenvalue weighted by Crippen LogP contribution is -2.35. The molecular formula is C23H23FN4O3. The molecule has 0 saturated carbocycles. The summed E-state index contributed by atoms with van der Waals surface area (Å²) >= 11 is 0. The number of nitrogens with one attached hydrogen (secondary N) is 1. The molecule has 2 heterocycles. The molecule has 8 heteroatoms. The van der Waals surface area contributed by atoms with Crippen LogP contribution in [0.1, 0.15) is 23.7 Å². The predicted molar refractivity (Wildman–Crippen MR) is 115 cm³/mol. The molecule has 1 amide bonds. The summed E-state index contributed by atoms with van der Waals surface area (Å²) in [6.07, 6.45) is 2.25. The van der Waals surface area contributed by atoms with Gasteiger partial charge in [-0.2, -0.15) is 5.10 Å². The van der Waals surface area contributed by atoms with E-state index in [1.54, 1.807) is 30.3 Å². The van der Waals surface area contributed by atoms with Gasteiger partial charge in [-0.05, 0) is 29.3 Å². The maximum absolute atomic E-state index is 13.6. The third kappa shape index (κ3) is 4.74. The van der Waals surface area contributed by atoms with Crippen LogP contribution in [-0.4, -0.2) is 43.0 Å². The van der Waals surface area contributed by atoms with E-state index in [0.29, 0.717) is 13.0 Å². The molecule has 7 nitrogen and oxygen atoms in total.